The number of aromatic nitrogens is 4. The number of amides is 1. The molecule has 1 fully saturated rings. The minimum Gasteiger partial charge on any atom is -0.340 e. The van der Waals surface area contributed by atoms with Crippen LogP contribution in [0.3, 0.4) is 0 Å². The summed E-state index contributed by atoms with van der Waals surface area (Å²) in [5, 5.41) is 0.476. The number of benzene rings is 2. The Kier molecular flexibility index (Phi) is 3.53. The van der Waals surface area contributed by atoms with Crippen LogP contribution in [0, 0.1) is 0 Å². The Hall–Kier alpha value is -3.48. The third kappa shape index (κ3) is 2.59. The number of fused-ring (bicyclic) bond motifs is 2. The molecule has 0 saturated carbocycles. The van der Waals surface area contributed by atoms with Gasteiger partial charge >= 0.3 is 0 Å². The molecule has 134 valence electrons. The molecule has 1 amide bonds. The zero-order chi connectivity index (χ0) is 18.4. The van der Waals surface area contributed by atoms with Gasteiger partial charge in [-0.3, -0.25) is 9.59 Å². The first-order valence-corrected chi connectivity index (χ1v) is 8.95. The van der Waals surface area contributed by atoms with Crippen LogP contribution in [0.4, 0.5) is 0 Å². The second-order valence-corrected chi connectivity index (χ2v) is 6.73. The number of aromatic amines is 2. The van der Waals surface area contributed by atoms with E-state index in [1.54, 1.807) is 29.2 Å². The maximum absolute atomic E-state index is 13.1. The van der Waals surface area contributed by atoms with Crippen molar-refractivity contribution in [3.63, 3.8) is 0 Å². The molecule has 1 atom stereocenters. The Morgan fingerprint density at radius 3 is 2.63 bits per heavy atom. The van der Waals surface area contributed by atoms with Crippen LogP contribution >= 0.6 is 0 Å². The quantitative estimate of drug-likeness (QED) is 0.575. The Bertz CT molecular complexity index is 1190. The van der Waals surface area contributed by atoms with Crippen molar-refractivity contribution in [3.8, 4) is 0 Å². The summed E-state index contributed by atoms with van der Waals surface area (Å²) in [5.74, 6) is 0.563. The molecule has 2 aromatic heterocycles. The van der Waals surface area contributed by atoms with Crippen molar-refractivity contribution in [2.45, 2.75) is 18.9 Å². The second kappa shape index (κ2) is 6.05. The Morgan fingerprint density at radius 2 is 1.78 bits per heavy atom. The summed E-state index contributed by atoms with van der Waals surface area (Å²) in [4.78, 5) is 42.1. The zero-order valence-electron chi connectivity index (χ0n) is 14.5. The van der Waals surface area contributed by atoms with Crippen LogP contribution in [-0.2, 0) is 0 Å². The van der Waals surface area contributed by atoms with E-state index in [2.05, 4.69) is 19.9 Å². The average molecular weight is 359 g/mol. The van der Waals surface area contributed by atoms with Crippen LogP contribution in [0.2, 0.25) is 0 Å². The maximum atomic E-state index is 13.1. The molecule has 7 nitrogen and oxygen atoms in total. The fourth-order valence-electron chi connectivity index (χ4n) is 3.75. The summed E-state index contributed by atoms with van der Waals surface area (Å²) in [6.45, 7) is 0.608. The molecule has 1 aliphatic heterocycles. The Balaban J connectivity index is 1.53. The number of imidazole rings is 1. The SMILES string of the molecule is O=C(c1nc2ccccc2c(=O)[nH]1)N1CCCC1c1nc2ccccc2[nH]1. The van der Waals surface area contributed by atoms with Gasteiger partial charge in [-0.2, -0.15) is 0 Å². The number of hydrogen-bond acceptors (Lipinski definition) is 4. The highest BCUT2D eigenvalue weighted by Crippen LogP contribution is 2.32. The van der Waals surface area contributed by atoms with Gasteiger partial charge in [-0.1, -0.05) is 24.3 Å². The van der Waals surface area contributed by atoms with Crippen LogP contribution in [0.25, 0.3) is 21.9 Å². The first-order chi connectivity index (χ1) is 13.2. The lowest BCUT2D eigenvalue weighted by molar-refractivity contribution is 0.0718. The molecule has 27 heavy (non-hydrogen) atoms. The average Bonchev–Trinajstić information content (AvgIpc) is 3.34. The first-order valence-electron chi connectivity index (χ1n) is 8.95. The third-order valence-electron chi connectivity index (χ3n) is 5.05. The molecule has 5 rings (SSSR count). The van der Waals surface area contributed by atoms with Crippen molar-refractivity contribution in [1.29, 1.82) is 0 Å². The van der Waals surface area contributed by atoms with Gasteiger partial charge in [0.2, 0.25) is 0 Å². The Labute approximate surface area is 154 Å². The smallest absolute Gasteiger partial charge is 0.290 e. The van der Waals surface area contributed by atoms with Crippen LogP contribution in [0.5, 0.6) is 0 Å². The summed E-state index contributed by atoms with van der Waals surface area (Å²) in [6.07, 6.45) is 1.70. The van der Waals surface area contributed by atoms with Crippen LogP contribution in [0.15, 0.2) is 53.3 Å². The van der Waals surface area contributed by atoms with E-state index in [0.717, 1.165) is 29.7 Å². The van der Waals surface area contributed by atoms with Gasteiger partial charge in [0.1, 0.15) is 5.82 Å². The molecule has 0 aliphatic carbocycles. The fraction of sp³-hybridized carbons (Fsp3) is 0.200. The number of carbonyl (C=O) groups excluding carboxylic acids is 1. The minimum absolute atomic E-state index is 0.0710. The van der Waals surface area contributed by atoms with E-state index >= 15 is 0 Å². The summed E-state index contributed by atoms with van der Waals surface area (Å²) >= 11 is 0. The standard InChI is InChI=1S/C20H17N5O2/c26-19-12-6-1-2-7-13(12)21-18(24-19)20(27)25-11-5-10-16(25)17-22-14-8-3-4-9-15(14)23-17/h1-4,6-9,16H,5,10-11H2,(H,22,23)(H,21,24,26). The zero-order valence-corrected chi connectivity index (χ0v) is 14.5. The van der Waals surface area contributed by atoms with Gasteiger partial charge in [0, 0.05) is 6.54 Å². The second-order valence-electron chi connectivity index (χ2n) is 6.73. The van der Waals surface area contributed by atoms with Gasteiger partial charge < -0.3 is 14.9 Å². The summed E-state index contributed by atoms with van der Waals surface area (Å²) < 4.78 is 0. The minimum atomic E-state index is -0.302. The summed E-state index contributed by atoms with van der Waals surface area (Å²) in [5.41, 5.74) is 2.04. The van der Waals surface area contributed by atoms with Crippen molar-refractivity contribution in [1.82, 2.24) is 24.8 Å². The topological polar surface area (TPSA) is 94.7 Å². The van der Waals surface area contributed by atoms with E-state index in [-0.39, 0.29) is 23.3 Å². The number of para-hydroxylation sites is 3. The van der Waals surface area contributed by atoms with Gasteiger partial charge in [-0.05, 0) is 37.1 Å². The van der Waals surface area contributed by atoms with Crippen molar-refractivity contribution < 1.29 is 4.79 Å². The molecule has 7 heteroatoms. The number of rotatable bonds is 2. The molecule has 2 N–H and O–H groups in total. The van der Waals surface area contributed by atoms with E-state index in [1.165, 1.54) is 0 Å². The molecule has 3 heterocycles. The number of nitrogens with one attached hydrogen (secondary N) is 2. The molecule has 2 aromatic carbocycles. The molecular formula is C20H17N5O2. The Morgan fingerprint density at radius 1 is 1.00 bits per heavy atom. The summed E-state index contributed by atoms with van der Waals surface area (Å²) in [6, 6.07) is 14.7. The molecule has 4 aromatic rings. The highest BCUT2D eigenvalue weighted by atomic mass is 16.2. The lowest BCUT2D eigenvalue weighted by atomic mass is 10.2. The highest BCUT2D eigenvalue weighted by molar-refractivity contribution is 5.93. The van der Waals surface area contributed by atoms with Crippen molar-refractivity contribution >= 4 is 27.8 Å². The van der Waals surface area contributed by atoms with E-state index in [4.69, 9.17) is 0 Å². The predicted octanol–water partition coefficient (Wildman–Crippen LogP) is 2.78. The van der Waals surface area contributed by atoms with Gasteiger partial charge in [0.05, 0.1) is 28.0 Å². The lowest BCUT2D eigenvalue weighted by Crippen LogP contribution is -2.33. The van der Waals surface area contributed by atoms with E-state index in [9.17, 15) is 9.59 Å². The normalized spacial score (nSPS) is 17.0. The highest BCUT2D eigenvalue weighted by Gasteiger charge is 2.33. The maximum Gasteiger partial charge on any atom is 0.290 e. The molecule has 1 saturated heterocycles. The first kappa shape index (κ1) is 15.7. The van der Waals surface area contributed by atoms with Gasteiger partial charge in [-0.25, -0.2) is 9.97 Å². The van der Waals surface area contributed by atoms with E-state index in [1.807, 2.05) is 24.3 Å². The number of H-pyrrole nitrogens is 2. The molecule has 1 aliphatic rings. The number of hydrogen-bond donors (Lipinski definition) is 2. The van der Waals surface area contributed by atoms with Gasteiger partial charge in [-0.15, -0.1) is 0 Å². The molecular weight excluding hydrogens is 342 g/mol. The molecule has 0 spiro atoms. The van der Waals surface area contributed by atoms with Crippen molar-refractivity contribution in [2.24, 2.45) is 0 Å². The molecule has 0 radical (unpaired) electrons. The summed E-state index contributed by atoms with van der Waals surface area (Å²) in [7, 11) is 0. The molecule has 0 bridgehead atoms. The lowest BCUT2D eigenvalue weighted by Gasteiger charge is -2.22. The van der Waals surface area contributed by atoms with E-state index < -0.39 is 0 Å². The van der Waals surface area contributed by atoms with Gasteiger partial charge in [0.25, 0.3) is 11.5 Å². The number of likely N-dealkylation sites (tertiary alicyclic amines) is 1. The van der Waals surface area contributed by atoms with Crippen LogP contribution in [0.1, 0.15) is 35.3 Å². The predicted molar refractivity (Wildman–Crippen MR) is 101 cm³/mol. The fourth-order valence-corrected chi connectivity index (χ4v) is 3.75. The van der Waals surface area contributed by atoms with Crippen LogP contribution in [-0.4, -0.2) is 37.3 Å². The third-order valence-corrected chi connectivity index (χ3v) is 5.05. The van der Waals surface area contributed by atoms with Crippen molar-refractivity contribution in [2.75, 3.05) is 6.54 Å². The van der Waals surface area contributed by atoms with Gasteiger partial charge in [0.15, 0.2) is 5.82 Å². The van der Waals surface area contributed by atoms with Crippen molar-refractivity contribution in [3.05, 3.63) is 70.5 Å². The number of nitrogens with zero attached hydrogens (tertiary/aromatic N) is 3. The largest absolute Gasteiger partial charge is 0.340 e. The van der Waals surface area contributed by atoms with Crippen LogP contribution < -0.4 is 5.56 Å². The monoisotopic (exact) mass is 359 g/mol. The number of carbonyl (C=O) groups is 1. The van der Waals surface area contributed by atoms with E-state index in [0.29, 0.717) is 17.4 Å². The molecule has 1 unspecified atom stereocenters.